The van der Waals surface area contributed by atoms with E-state index in [1.807, 2.05) is 36.2 Å². The number of fused-ring (bicyclic) bond motifs is 1. The van der Waals surface area contributed by atoms with Crippen LogP contribution in [0.4, 0.5) is 0 Å². The fourth-order valence-corrected chi connectivity index (χ4v) is 3.91. The van der Waals surface area contributed by atoms with E-state index >= 15 is 0 Å². The van der Waals surface area contributed by atoms with Crippen LogP contribution in [0.5, 0.6) is 0 Å². The lowest BCUT2D eigenvalue weighted by Gasteiger charge is -2.18. The average molecular weight is 262 g/mol. The van der Waals surface area contributed by atoms with E-state index in [1.165, 1.54) is 19.3 Å². The highest BCUT2D eigenvalue weighted by Gasteiger charge is 2.28. The average Bonchev–Trinajstić information content (AvgIpc) is 2.99. The fourth-order valence-electron chi connectivity index (χ4n) is 2.60. The zero-order valence-corrected chi connectivity index (χ0v) is 11.4. The molecule has 0 saturated heterocycles. The van der Waals surface area contributed by atoms with Crippen molar-refractivity contribution in [2.24, 2.45) is 0 Å². The molecule has 1 aliphatic carbocycles. The van der Waals surface area contributed by atoms with Gasteiger partial charge in [0.15, 0.2) is 10.8 Å². The van der Waals surface area contributed by atoms with Crippen molar-refractivity contribution < 1.29 is 0 Å². The summed E-state index contributed by atoms with van der Waals surface area (Å²) in [7, 11) is 0. The summed E-state index contributed by atoms with van der Waals surface area (Å²) < 4.78 is 2.08. The molecule has 0 spiro atoms. The summed E-state index contributed by atoms with van der Waals surface area (Å²) in [4.78, 5) is 0. The van der Waals surface area contributed by atoms with Crippen molar-refractivity contribution in [1.29, 1.82) is 0 Å². The third-order valence-electron chi connectivity index (χ3n) is 3.46. The smallest absolute Gasteiger partial charge is 0.195 e. The molecule has 2 aromatic heterocycles. The maximum Gasteiger partial charge on any atom is 0.195 e. The Morgan fingerprint density at radius 2 is 2.33 bits per heavy atom. The zero-order chi connectivity index (χ0) is 12.4. The lowest BCUT2D eigenvalue weighted by Crippen LogP contribution is -2.33. The summed E-state index contributed by atoms with van der Waals surface area (Å²) in [6.45, 7) is 3.22. The maximum absolute atomic E-state index is 4.30. The second-order valence-electron chi connectivity index (χ2n) is 4.66. The molecule has 2 aromatic rings. The third kappa shape index (κ3) is 2.24. The van der Waals surface area contributed by atoms with Crippen molar-refractivity contribution in [2.75, 3.05) is 6.54 Å². The number of nitrogens with one attached hydrogen (secondary N) is 1. The number of hydrogen-bond donors (Lipinski definition) is 1. The Labute approximate surface area is 111 Å². The molecular weight excluding hydrogens is 244 g/mol. The van der Waals surface area contributed by atoms with Crippen LogP contribution < -0.4 is 5.32 Å². The van der Waals surface area contributed by atoms with Crippen LogP contribution in [0.1, 0.15) is 26.2 Å². The van der Waals surface area contributed by atoms with Gasteiger partial charge in [0.2, 0.25) is 0 Å². The normalized spacial score (nSPS) is 23.8. The van der Waals surface area contributed by atoms with Gasteiger partial charge in [-0.3, -0.25) is 4.40 Å². The van der Waals surface area contributed by atoms with Gasteiger partial charge < -0.3 is 5.32 Å². The van der Waals surface area contributed by atoms with Gasteiger partial charge in [0, 0.05) is 17.5 Å². The second-order valence-corrected chi connectivity index (χ2v) is 5.87. The Hall–Kier alpha value is -1.07. The molecule has 2 atom stereocenters. The van der Waals surface area contributed by atoms with Crippen molar-refractivity contribution in [3.05, 3.63) is 24.4 Å². The van der Waals surface area contributed by atoms with Crippen LogP contribution in [-0.2, 0) is 0 Å². The molecule has 0 radical (unpaired) electrons. The molecule has 1 fully saturated rings. The molecule has 3 rings (SSSR count). The first-order valence-corrected chi connectivity index (χ1v) is 7.46. The minimum Gasteiger partial charge on any atom is -0.313 e. The van der Waals surface area contributed by atoms with Gasteiger partial charge in [0.1, 0.15) is 0 Å². The highest BCUT2D eigenvalue weighted by molar-refractivity contribution is 7.99. The Bertz CT molecular complexity index is 524. The predicted molar refractivity (Wildman–Crippen MR) is 73.9 cm³/mol. The Morgan fingerprint density at radius 3 is 3.22 bits per heavy atom. The standard InChI is InChI=1S/C13H18N4S/c1-2-14-10-6-5-7-11(10)18-13-16-15-12-8-3-4-9-17(12)13/h3-4,8-11,14H,2,5-7H2,1H3. The van der Waals surface area contributed by atoms with E-state index in [4.69, 9.17) is 0 Å². The van der Waals surface area contributed by atoms with E-state index in [0.29, 0.717) is 11.3 Å². The fraction of sp³-hybridized carbons (Fsp3) is 0.538. The van der Waals surface area contributed by atoms with Gasteiger partial charge in [-0.1, -0.05) is 31.2 Å². The summed E-state index contributed by atoms with van der Waals surface area (Å²) in [6.07, 6.45) is 5.90. The molecule has 2 heterocycles. The molecule has 0 aromatic carbocycles. The van der Waals surface area contributed by atoms with E-state index in [0.717, 1.165) is 17.3 Å². The van der Waals surface area contributed by atoms with E-state index in [-0.39, 0.29) is 0 Å². The van der Waals surface area contributed by atoms with Crippen LogP contribution >= 0.6 is 11.8 Å². The highest BCUT2D eigenvalue weighted by Crippen LogP contribution is 2.34. The molecular formula is C13H18N4S. The van der Waals surface area contributed by atoms with Gasteiger partial charge >= 0.3 is 0 Å². The van der Waals surface area contributed by atoms with Crippen molar-refractivity contribution in [3.63, 3.8) is 0 Å². The number of hydrogen-bond acceptors (Lipinski definition) is 4. The van der Waals surface area contributed by atoms with Crippen molar-refractivity contribution >= 4 is 17.4 Å². The minimum atomic E-state index is 0.621. The molecule has 18 heavy (non-hydrogen) atoms. The van der Waals surface area contributed by atoms with E-state index < -0.39 is 0 Å². The Morgan fingerprint density at radius 1 is 1.39 bits per heavy atom. The van der Waals surface area contributed by atoms with Crippen LogP contribution in [0.15, 0.2) is 29.6 Å². The Balaban J connectivity index is 1.79. The van der Waals surface area contributed by atoms with Crippen molar-refractivity contribution in [2.45, 2.75) is 42.6 Å². The zero-order valence-electron chi connectivity index (χ0n) is 10.5. The first-order chi connectivity index (χ1) is 8.88. The first kappa shape index (κ1) is 12.0. The topological polar surface area (TPSA) is 42.2 Å². The summed E-state index contributed by atoms with van der Waals surface area (Å²) >= 11 is 1.86. The lowest BCUT2D eigenvalue weighted by atomic mass is 10.2. The monoisotopic (exact) mass is 262 g/mol. The van der Waals surface area contributed by atoms with Crippen LogP contribution in [-0.4, -0.2) is 32.4 Å². The van der Waals surface area contributed by atoms with Gasteiger partial charge in [-0.2, -0.15) is 0 Å². The van der Waals surface area contributed by atoms with Gasteiger partial charge in [0.25, 0.3) is 0 Å². The molecule has 2 unspecified atom stereocenters. The molecule has 1 saturated carbocycles. The summed E-state index contributed by atoms with van der Waals surface area (Å²) in [5.41, 5.74) is 0.929. The lowest BCUT2D eigenvalue weighted by molar-refractivity contribution is 0.550. The SMILES string of the molecule is CCNC1CCCC1Sc1nnc2ccccn12. The molecule has 1 aliphatic rings. The van der Waals surface area contributed by atoms with E-state index in [1.54, 1.807) is 0 Å². The summed E-state index contributed by atoms with van der Waals surface area (Å²) in [6, 6.07) is 6.64. The summed E-state index contributed by atoms with van der Waals surface area (Å²) in [5, 5.41) is 13.7. The highest BCUT2D eigenvalue weighted by atomic mass is 32.2. The molecule has 0 aliphatic heterocycles. The molecule has 0 amide bonds. The van der Waals surface area contributed by atoms with Crippen LogP contribution in [0.3, 0.4) is 0 Å². The third-order valence-corrected chi connectivity index (χ3v) is 4.81. The number of thioether (sulfide) groups is 1. The van der Waals surface area contributed by atoms with Crippen LogP contribution in [0.25, 0.3) is 5.65 Å². The molecule has 1 N–H and O–H groups in total. The number of pyridine rings is 1. The van der Waals surface area contributed by atoms with Gasteiger partial charge in [-0.05, 0) is 31.5 Å². The van der Waals surface area contributed by atoms with Gasteiger partial charge in [-0.15, -0.1) is 10.2 Å². The molecule has 96 valence electrons. The van der Waals surface area contributed by atoms with E-state index in [9.17, 15) is 0 Å². The quantitative estimate of drug-likeness (QED) is 0.918. The largest absolute Gasteiger partial charge is 0.313 e. The Kier molecular flexibility index (Phi) is 3.52. The maximum atomic E-state index is 4.30. The first-order valence-electron chi connectivity index (χ1n) is 6.58. The van der Waals surface area contributed by atoms with Crippen molar-refractivity contribution in [1.82, 2.24) is 19.9 Å². The number of rotatable bonds is 4. The van der Waals surface area contributed by atoms with Crippen LogP contribution in [0, 0.1) is 0 Å². The van der Waals surface area contributed by atoms with Gasteiger partial charge in [-0.25, -0.2) is 0 Å². The minimum absolute atomic E-state index is 0.621. The van der Waals surface area contributed by atoms with E-state index in [2.05, 4.69) is 26.8 Å². The molecule has 0 bridgehead atoms. The van der Waals surface area contributed by atoms with Crippen LogP contribution in [0.2, 0.25) is 0 Å². The summed E-state index contributed by atoms with van der Waals surface area (Å²) in [5.74, 6) is 0. The molecule has 4 nitrogen and oxygen atoms in total. The predicted octanol–water partition coefficient (Wildman–Crippen LogP) is 2.35. The number of nitrogens with zero attached hydrogens (tertiary/aromatic N) is 3. The molecule has 5 heteroatoms. The van der Waals surface area contributed by atoms with Gasteiger partial charge in [0.05, 0.1) is 0 Å². The second kappa shape index (κ2) is 5.28. The number of aromatic nitrogens is 3. The van der Waals surface area contributed by atoms with Crippen molar-refractivity contribution in [3.8, 4) is 0 Å².